The van der Waals surface area contributed by atoms with Gasteiger partial charge in [0, 0.05) is 12.8 Å². The highest BCUT2D eigenvalue weighted by Crippen LogP contribution is 2.10. The first kappa shape index (κ1) is 22.9. The van der Waals surface area contributed by atoms with Crippen molar-refractivity contribution in [3.8, 4) is 0 Å². The summed E-state index contributed by atoms with van der Waals surface area (Å²) in [5, 5.41) is 0. The Hall–Kier alpha value is -2.10. The van der Waals surface area contributed by atoms with Gasteiger partial charge < -0.3 is 9.47 Å². The van der Waals surface area contributed by atoms with Crippen LogP contribution in [0.3, 0.4) is 0 Å². The number of hydrogen-bond acceptors (Lipinski definition) is 4. The topological polar surface area (TPSA) is 52.6 Å². The number of esters is 2. The normalized spacial score (nSPS) is 10.9. The highest BCUT2D eigenvalue weighted by Gasteiger charge is 2.03. The van der Waals surface area contributed by atoms with Crippen molar-refractivity contribution >= 4 is 18.0 Å². The summed E-state index contributed by atoms with van der Waals surface area (Å²) in [7, 11) is 0. The summed E-state index contributed by atoms with van der Waals surface area (Å²) in [6.07, 6.45) is 12.8. The highest BCUT2D eigenvalue weighted by atomic mass is 16.5. The molecule has 0 unspecified atom stereocenters. The number of carbonyl (C=O) groups is 2. The number of benzene rings is 1. The van der Waals surface area contributed by atoms with Crippen LogP contribution in [0, 0.1) is 0 Å². The molecule has 4 heteroatoms. The van der Waals surface area contributed by atoms with Crippen LogP contribution in [-0.4, -0.2) is 25.2 Å². The molecule has 27 heavy (non-hydrogen) atoms. The summed E-state index contributed by atoms with van der Waals surface area (Å²) in [4.78, 5) is 23.1. The summed E-state index contributed by atoms with van der Waals surface area (Å²) in [5.74, 6) is -0.213. The van der Waals surface area contributed by atoms with Crippen molar-refractivity contribution in [2.75, 3.05) is 13.2 Å². The minimum Gasteiger partial charge on any atom is -0.466 e. The Labute approximate surface area is 163 Å². The first-order chi connectivity index (χ1) is 13.2. The van der Waals surface area contributed by atoms with E-state index in [1.165, 1.54) is 0 Å². The number of carbonyl (C=O) groups excluding carboxylic acids is 2. The zero-order valence-electron chi connectivity index (χ0n) is 16.7. The van der Waals surface area contributed by atoms with Gasteiger partial charge in [0.25, 0.3) is 0 Å². The summed E-state index contributed by atoms with van der Waals surface area (Å²) >= 11 is 0. The van der Waals surface area contributed by atoms with E-state index in [9.17, 15) is 9.59 Å². The second kappa shape index (κ2) is 16.1. The molecule has 1 aromatic carbocycles. The average Bonchev–Trinajstić information content (AvgIpc) is 2.68. The van der Waals surface area contributed by atoms with Gasteiger partial charge in [0.05, 0.1) is 6.61 Å². The molecule has 0 aliphatic carbocycles. The molecule has 0 heterocycles. The van der Waals surface area contributed by atoms with Crippen molar-refractivity contribution in [1.29, 1.82) is 0 Å². The van der Waals surface area contributed by atoms with E-state index >= 15 is 0 Å². The first-order valence-electron chi connectivity index (χ1n) is 10.2. The fraction of sp³-hybridized carbons (Fsp3) is 0.565. The van der Waals surface area contributed by atoms with Crippen LogP contribution >= 0.6 is 0 Å². The second-order valence-electron chi connectivity index (χ2n) is 6.69. The van der Waals surface area contributed by atoms with E-state index in [0.717, 1.165) is 56.9 Å². The number of rotatable bonds is 15. The zero-order valence-corrected chi connectivity index (χ0v) is 16.7. The van der Waals surface area contributed by atoms with Gasteiger partial charge in [-0.25, -0.2) is 0 Å². The summed E-state index contributed by atoms with van der Waals surface area (Å²) < 4.78 is 10.3. The monoisotopic (exact) mass is 374 g/mol. The molecular formula is C23H34O4. The maximum Gasteiger partial charge on any atom is 0.306 e. The summed E-state index contributed by atoms with van der Waals surface area (Å²) in [5.41, 5.74) is 1.10. The first-order valence-corrected chi connectivity index (χ1v) is 10.2. The molecule has 1 rings (SSSR count). The molecule has 0 amide bonds. The third kappa shape index (κ3) is 13.7. The SMILES string of the molecule is CCCCOC(=O)CCCCCCCCC(=O)OC/C=C/c1ccccc1. The van der Waals surface area contributed by atoms with Gasteiger partial charge in [-0.15, -0.1) is 0 Å². The van der Waals surface area contributed by atoms with Crippen LogP contribution in [0.1, 0.15) is 76.7 Å². The van der Waals surface area contributed by atoms with Gasteiger partial charge >= 0.3 is 11.9 Å². The van der Waals surface area contributed by atoms with E-state index in [0.29, 0.717) is 26.1 Å². The van der Waals surface area contributed by atoms with Crippen LogP contribution in [0.2, 0.25) is 0 Å². The van der Waals surface area contributed by atoms with Crippen LogP contribution in [0.15, 0.2) is 36.4 Å². The Kier molecular flexibility index (Phi) is 13.7. The Morgan fingerprint density at radius 3 is 2.04 bits per heavy atom. The van der Waals surface area contributed by atoms with Crippen LogP contribution in [0.4, 0.5) is 0 Å². The Bertz CT molecular complexity index is 537. The molecule has 0 radical (unpaired) electrons. The minimum absolute atomic E-state index is 0.0764. The highest BCUT2D eigenvalue weighted by molar-refractivity contribution is 5.69. The molecule has 0 fully saturated rings. The smallest absolute Gasteiger partial charge is 0.306 e. The van der Waals surface area contributed by atoms with Gasteiger partial charge in [-0.1, -0.05) is 75.4 Å². The molecule has 150 valence electrons. The van der Waals surface area contributed by atoms with Gasteiger partial charge in [0.1, 0.15) is 6.61 Å². The fourth-order valence-corrected chi connectivity index (χ4v) is 2.61. The third-order valence-electron chi connectivity index (χ3n) is 4.22. The number of hydrogen-bond donors (Lipinski definition) is 0. The van der Waals surface area contributed by atoms with Gasteiger partial charge in [0.2, 0.25) is 0 Å². The molecule has 0 aliphatic heterocycles. The second-order valence-corrected chi connectivity index (χ2v) is 6.69. The lowest BCUT2D eigenvalue weighted by Gasteiger charge is -2.04. The van der Waals surface area contributed by atoms with E-state index in [1.54, 1.807) is 0 Å². The molecule has 0 bridgehead atoms. The quantitative estimate of drug-likeness (QED) is 0.291. The lowest BCUT2D eigenvalue weighted by atomic mass is 10.1. The summed E-state index contributed by atoms with van der Waals surface area (Å²) in [6, 6.07) is 9.94. The minimum atomic E-state index is -0.137. The van der Waals surface area contributed by atoms with E-state index < -0.39 is 0 Å². The van der Waals surface area contributed by atoms with Crippen molar-refractivity contribution in [3.05, 3.63) is 42.0 Å². The Morgan fingerprint density at radius 2 is 1.41 bits per heavy atom. The lowest BCUT2D eigenvalue weighted by Crippen LogP contribution is -2.05. The lowest BCUT2D eigenvalue weighted by molar-refractivity contribution is -0.144. The summed E-state index contributed by atoms with van der Waals surface area (Å²) in [6.45, 7) is 2.95. The van der Waals surface area contributed by atoms with E-state index in [-0.39, 0.29) is 11.9 Å². The van der Waals surface area contributed by atoms with Crippen molar-refractivity contribution in [2.24, 2.45) is 0 Å². The number of unbranched alkanes of at least 4 members (excludes halogenated alkanes) is 6. The Morgan fingerprint density at radius 1 is 0.815 bits per heavy atom. The molecule has 0 saturated heterocycles. The average molecular weight is 375 g/mol. The molecular weight excluding hydrogens is 340 g/mol. The Balaban J connectivity index is 1.89. The zero-order chi connectivity index (χ0) is 19.6. The predicted molar refractivity (Wildman–Crippen MR) is 109 cm³/mol. The molecule has 0 N–H and O–H groups in total. The van der Waals surface area contributed by atoms with Gasteiger partial charge in [-0.05, 0) is 30.9 Å². The van der Waals surface area contributed by atoms with E-state index in [2.05, 4.69) is 6.92 Å². The molecule has 1 aromatic rings. The molecule has 4 nitrogen and oxygen atoms in total. The molecule has 0 aromatic heterocycles. The largest absolute Gasteiger partial charge is 0.466 e. The van der Waals surface area contributed by atoms with Gasteiger partial charge in [-0.3, -0.25) is 9.59 Å². The van der Waals surface area contributed by atoms with Gasteiger partial charge in [-0.2, -0.15) is 0 Å². The van der Waals surface area contributed by atoms with Crippen LogP contribution in [0.25, 0.3) is 6.08 Å². The van der Waals surface area contributed by atoms with E-state index in [1.807, 2.05) is 42.5 Å². The number of ether oxygens (including phenoxy) is 2. The maximum atomic E-state index is 11.7. The third-order valence-corrected chi connectivity index (χ3v) is 4.22. The van der Waals surface area contributed by atoms with Crippen LogP contribution in [-0.2, 0) is 19.1 Å². The van der Waals surface area contributed by atoms with E-state index in [4.69, 9.17) is 9.47 Å². The fourth-order valence-electron chi connectivity index (χ4n) is 2.61. The van der Waals surface area contributed by atoms with Gasteiger partial charge in [0.15, 0.2) is 0 Å². The predicted octanol–water partition coefficient (Wildman–Crippen LogP) is 5.71. The molecule has 0 atom stereocenters. The molecule has 0 spiro atoms. The van der Waals surface area contributed by atoms with Crippen molar-refractivity contribution in [3.63, 3.8) is 0 Å². The molecule has 0 aliphatic rings. The standard InChI is InChI=1S/C23H34O4/c1-2-3-19-26-22(24)17-11-6-4-5-7-12-18-23(25)27-20-13-16-21-14-9-8-10-15-21/h8-10,13-16H,2-7,11-12,17-20H2,1H3/b16-13+. The van der Waals surface area contributed by atoms with Crippen LogP contribution in [0.5, 0.6) is 0 Å². The molecule has 0 saturated carbocycles. The van der Waals surface area contributed by atoms with Crippen molar-refractivity contribution in [1.82, 2.24) is 0 Å². The van der Waals surface area contributed by atoms with Crippen molar-refractivity contribution < 1.29 is 19.1 Å². The maximum absolute atomic E-state index is 11.7. The van der Waals surface area contributed by atoms with Crippen LogP contribution < -0.4 is 0 Å². The van der Waals surface area contributed by atoms with Crippen molar-refractivity contribution in [2.45, 2.75) is 71.1 Å².